The summed E-state index contributed by atoms with van der Waals surface area (Å²) < 4.78 is 12.5. The first-order valence-electron chi connectivity index (χ1n) is 15.2. The van der Waals surface area contributed by atoms with Crippen LogP contribution in [0.2, 0.25) is 5.02 Å². The summed E-state index contributed by atoms with van der Waals surface area (Å²) in [5.74, 6) is -3.92. The van der Waals surface area contributed by atoms with Crippen molar-refractivity contribution in [3.05, 3.63) is 89.0 Å². The predicted octanol–water partition coefficient (Wildman–Crippen LogP) is 3.26. The quantitative estimate of drug-likeness (QED) is 0.391. The fraction of sp³-hybridized carbons (Fsp3) is 0.412. The van der Waals surface area contributed by atoms with Crippen molar-refractivity contribution in [2.24, 2.45) is 11.8 Å². The van der Waals surface area contributed by atoms with Crippen LogP contribution in [0.3, 0.4) is 0 Å². The molecule has 7 atom stereocenters. The SMILES string of the molecule is Cc1cccc(Cl)c1N1C/C=C\CCC(=O)NC[C@@H](c2ccccc2)OC(=O)[C@@H]2[C@@H]3C=C[C@]4(O3)[C@H](C1=O)N([C@H](C)CO)C(=O)[C@@H]24. The highest BCUT2D eigenvalue weighted by Gasteiger charge is 2.74. The predicted molar refractivity (Wildman–Crippen MR) is 166 cm³/mol. The number of halogens is 1. The lowest BCUT2D eigenvalue weighted by Crippen LogP contribution is -2.58. The molecule has 0 aliphatic carbocycles. The highest BCUT2D eigenvalue weighted by atomic mass is 35.5. The maximum Gasteiger partial charge on any atom is 0.313 e. The van der Waals surface area contributed by atoms with Gasteiger partial charge in [0.1, 0.15) is 23.7 Å². The monoisotopic (exact) mass is 633 g/mol. The molecule has 0 radical (unpaired) electrons. The average Bonchev–Trinajstić information content (AvgIpc) is 3.68. The molecule has 11 heteroatoms. The highest BCUT2D eigenvalue weighted by molar-refractivity contribution is 6.34. The highest BCUT2D eigenvalue weighted by Crippen LogP contribution is 2.56. The number of allylic oxidation sites excluding steroid dienone is 1. The van der Waals surface area contributed by atoms with Crippen LogP contribution in [-0.4, -0.2) is 77.2 Å². The third-order valence-electron chi connectivity index (χ3n) is 9.19. The number of rotatable bonds is 4. The number of aliphatic hydroxyl groups excluding tert-OH is 1. The van der Waals surface area contributed by atoms with Gasteiger partial charge in [0.25, 0.3) is 5.91 Å². The van der Waals surface area contributed by atoms with Gasteiger partial charge < -0.3 is 29.7 Å². The molecule has 2 N–H and O–H groups in total. The topological polar surface area (TPSA) is 125 Å². The summed E-state index contributed by atoms with van der Waals surface area (Å²) in [5.41, 5.74) is 0.445. The zero-order chi connectivity index (χ0) is 31.9. The summed E-state index contributed by atoms with van der Waals surface area (Å²) in [7, 11) is 0. The molecule has 2 fully saturated rings. The van der Waals surface area contributed by atoms with Crippen molar-refractivity contribution in [3.8, 4) is 0 Å². The van der Waals surface area contributed by atoms with E-state index in [4.69, 9.17) is 21.1 Å². The summed E-state index contributed by atoms with van der Waals surface area (Å²) in [6, 6.07) is 12.5. The van der Waals surface area contributed by atoms with Gasteiger partial charge >= 0.3 is 5.97 Å². The first-order chi connectivity index (χ1) is 21.7. The molecule has 10 nitrogen and oxygen atoms in total. The molecule has 5 bridgehead atoms. The van der Waals surface area contributed by atoms with Gasteiger partial charge in [0, 0.05) is 13.0 Å². The Morgan fingerprint density at radius 3 is 2.58 bits per heavy atom. The summed E-state index contributed by atoms with van der Waals surface area (Å²) in [6.45, 7) is 3.25. The molecule has 0 saturated carbocycles. The van der Waals surface area contributed by atoms with E-state index in [0.29, 0.717) is 22.7 Å². The number of anilines is 1. The van der Waals surface area contributed by atoms with E-state index in [1.165, 1.54) is 9.80 Å². The van der Waals surface area contributed by atoms with Crippen LogP contribution in [-0.2, 0) is 28.7 Å². The zero-order valence-electron chi connectivity index (χ0n) is 25.1. The molecule has 3 amide bonds. The largest absolute Gasteiger partial charge is 0.455 e. The number of carbonyl (C=O) groups is 4. The number of benzene rings is 2. The summed E-state index contributed by atoms with van der Waals surface area (Å²) >= 11 is 6.68. The van der Waals surface area contributed by atoms with Gasteiger partial charge in [-0.2, -0.15) is 0 Å². The molecule has 0 unspecified atom stereocenters. The molecule has 1 spiro atoms. The van der Waals surface area contributed by atoms with Gasteiger partial charge in [-0.15, -0.1) is 0 Å². The van der Waals surface area contributed by atoms with Crippen molar-refractivity contribution in [3.63, 3.8) is 0 Å². The number of carbonyl (C=O) groups excluding carboxylic acids is 4. The Labute approximate surface area is 266 Å². The Kier molecular flexibility index (Phi) is 8.56. The Morgan fingerprint density at radius 1 is 1.07 bits per heavy atom. The van der Waals surface area contributed by atoms with Crippen molar-refractivity contribution >= 4 is 41.0 Å². The van der Waals surface area contributed by atoms with Crippen molar-refractivity contribution < 1.29 is 33.8 Å². The molecule has 2 aromatic rings. The molecule has 2 aromatic carbocycles. The standard InChI is InChI=1S/C34H36ClN3O7/c1-20-10-9-13-23(35)29(20)37-17-8-4-7-14-26(40)36-18-25(22-11-5-3-6-12-22)44-33(43)27-24-15-16-34(45-24)28(27)31(41)38(21(2)19-39)30(34)32(37)42/h3-6,8-13,15-16,21,24-25,27-28,30,39H,7,14,17-19H2,1-2H3,(H,36,40)/b8-4-/t21-,24+,25+,27-,28-,30+,34-/m1/s1. The van der Waals surface area contributed by atoms with Gasteiger partial charge in [0.05, 0.1) is 41.9 Å². The summed E-state index contributed by atoms with van der Waals surface area (Å²) in [6.07, 6.45) is 6.03. The van der Waals surface area contributed by atoms with Crippen molar-refractivity contribution in [1.29, 1.82) is 0 Å². The maximum atomic E-state index is 14.8. The molecule has 4 aliphatic rings. The number of nitrogens with one attached hydrogen (secondary N) is 1. The minimum absolute atomic E-state index is 0.0461. The van der Waals surface area contributed by atoms with Crippen LogP contribution in [0.4, 0.5) is 5.69 Å². The Morgan fingerprint density at radius 2 is 1.84 bits per heavy atom. The minimum Gasteiger partial charge on any atom is -0.455 e. The smallest absolute Gasteiger partial charge is 0.313 e. The Hall–Kier alpha value is -3.99. The van der Waals surface area contributed by atoms with E-state index in [2.05, 4.69) is 5.32 Å². The summed E-state index contributed by atoms with van der Waals surface area (Å²) in [5, 5.41) is 13.5. The van der Waals surface area contributed by atoms with Crippen molar-refractivity contribution in [2.45, 2.75) is 56.6 Å². The van der Waals surface area contributed by atoms with Gasteiger partial charge in [-0.05, 0) is 37.5 Å². The second-order valence-corrected chi connectivity index (χ2v) is 12.4. The Bertz CT molecular complexity index is 1540. The first-order valence-corrected chi connectivity index (χ1v) is 15.6. The molecule has 45 heavy (non-hydrogen) atoms. The number of para-hydroxylation sites is 1. The number of aryl methyl sites for hydroxylation is 1. The number of amides is 3. The van der Waals surface area contributed by atoms with Crippen molar-refractivity contribution in [1.82, 2.24) is 10.2 Å². The van der Waals surface area contributed by atoms with Crippen LogP contribution in [0.15, 0.2) is 72.8 Å². The fourth-order valence-electron chi connectivity index (χ4n) is 7.04. The number of hydrogen-bond donors (Lipinski definition) is 2. The van der Waals surface area contributed by atoms with Crippen LogP contribution in [0.1, 0.15) is 37.0 Å². The fourth-order valence-corrected chi connectivity index (χ4v) is 7.37. The lowest BCUT2D eigenvalue weighted by Gasteiger charge is -2.38. The number of esters is 1. The lowest BCUT2D eigenvalue weighted by atomic mass is 9.74. The third-order valence-corrected chi connectivity index (χ3v) is 9.49. The van der Waals surface area contributed by atoms with Crippen LogP contribution < -0.4 is 10.2 Å². The van der Waals surface area contributed by atoms with Gasteiger partial charge in [-0.3, -0.25) is 19.2 Å². The van der Waals surface area contributed by atoms with E-state index in [1.807, 2.05) is 37.3 Å². The third kappa shape index (κ3) is 5.34. The number of nitrogens with zero attached hydrogens (tertiary/aromatic N) is 2. The van der Waals surface area contributed by atoms with E-state index < -0.39 is 66.1 Å². The molecule has 236 valence electrons. The van der Waals surface area contributed by atoms with Gasteiger partial charge in [-0.25, -0.2) is 0 Å². The number of cyclic esters (lactones) is 1. The van der Waals surface area contributed by atoms with E-state index in [0.717, 1.165) is 5.56 Å². The zero-order valence-corrected chi connectivity index (χ0v) is 25.9. The Balaban J connectivity index is 1.46. The number of fused-ring (bicyclic) bond motifs is 2. The van der Waals surface area contributed by atoms with E-state index in [-0.39, 0.29) is 25.4 Å². The van der Waals surface area contributed by atoms with E-state index >= 15 is 0 Å². The lowest BCUT2D eigenvalue weighted by molar-refractivity contribution is -0.160. The van der Waals surface area contributed by atoms with Crippen LogP contribution in [0, 0.1) is 18.8 Å². The van der Waals surface area contributed by atoms with E-state index in [9.17, 15) is 24.3 Å². The number of ether oxygens (including phenoxy) is 2. The van der Waals surface area contributed by atoms with Crippen molar-refractivity contribution in [2.75, 3.05) is 24.6 Å². The number of aliphatic hydroxyl groups is 1. The van der Waals surface area contributed by atoms with Crippen LogP contribution >= 0.6 is 11.6 Å². The molecular formula is C34H36ClN3O7. The number of likely N-dealkylation sites (tertiary alicyclic amines) is 1. The van der Waals surface area contributed by atoms with Gasteiger partial charge in [0.15, 0.2) is 0 Å². The normalized spacial score (nSPS) is 31.5. The molecule has 4 heterocycles. The molecule has 6 rings (SSSR count). The second-order valence-electron chi connectivity index (χ2n) is 12.0. The average molecular weight is 634 g/mol. The van der Waals surface area contributed by atoms with Gasteiger partial charge in [-0.1, -0.05) is 78.4 Å². The minimum atomic E-state index is -1.46. The molecular weight excluding hydrogens is 598 g/mol. The molecule has 0 aromatic heterocycles. The summed E-state index contributed by atoms with van der Waals surface area (Å²) in [4.78, 5) is 58.8. The maximum absolute atomic E-state index is 14.8. The van der Waals surface area contributed by atoms with Gasteiger partial charge in [0.2, 0.25) is 11.8 Å². The second kappa shape index (κ2) is 12.4. The molecule has 4 aliphatic heterocycles. The van der Waals surface area contributed by atoms with Crippen LogP contribution in [0.25, 0.3) is 0 Å². The van der Waals surface area contributed by atoms with E-state index in [1.54, 1.807) is 49.4 Å². The first kappa shape index (κ1) is 31.0. The molecule has 2 saturated heterocycles. The van der Waals surface area contributed by atoms with Crippen LogP contribution in [0.5, 0.6) is 0 Å². The number of hydrogen-bond acceptors (Lipinski definition) is 7.